The van der Waals surface area contributed by atoms with Gasteiger partial charge in [0.25, 0.3) is 0 Å². The molecule has 1 N–H and O–H groups in total. The molecule has 0 aliphatic carbocycles. The number of nitrogens with one attached hydrogen (secondary N) is 1. The van der Waals surface area contributed by atoms with E-state index in [2.05, 4.69) is 23.2 Å². The second-order valence-electron chi connectivity index (χ2n) is 4.33. The molecule has 16 heavy (non-hydrogen) atoms. The van der Waals surface area contributed by atoms with Crippen LogP contribution in [0.1, 0.15) is 26.2 Å². The normalized spacial score (nSPS) is 22.2. The molecule has 2 atom stereocenters. The first kappa shape index (κ1) is 13.4. The number of methoxy groups -OCH3 is 1. The molecule has 4 heteroatoms. The van der Waals surface area contributed by atoms with Gasteiger partial charge >= 0.3 is 0 Å². The maximum Gasteiger partial charge on any atom is 0.0976 e. The summed E-state index contributed by atoms with van der Waals surface area (Å²) in [6, 6.07) is 2.96. The summed E-state index contributed by atoms with van der Waals surface area (Å²) in [6.07, 6.45) is 3.37. The minimum absolute atomic E-state index is 0.0255. The molecule has 0 bridgehead atoms. The van der Waals surface area contributed by atoms with Crippen LogP contribution in [0.3, 0.4) is 0 Å². The fourth-order valence-corrected chi connectivity index (χ4v) is 2.21. The van der Waals surface area contributed by atoms with Crippen molar-refractivity contribution in [2.24, 2.45) is 0 Å². The van der Waals surface area contributed by atoms with E-state index in [9.17, 15) is 0 Å². The molecule has 1 aliphatic rings. The van der Waals surface area contributed by atoms with Crippen molar-refractivity contribution >= 4 is 0 Å². The van der Waals surface area contributed by atoms with Crippen molar-refractivity contribution in [2.45, 2.75) is 38.3 Å². The Morgan fingerprint density at radius 1 is 1.62 bits per heavy atom. The Hall–Kier alpha value is -0.630. The monoisotopic (exact) mass is 225 g/mol. The molecule has 2 unspecified atom stereocenters. The summed E-state index contributed by atoms with van der Waals surface area (Å²) in [4.78, 5) is 2.24. The molecule has 0 spiro atoms. The zero-order valence-electron chi connectivity index (χ0n) is 10.4. The minimum atomic E-state index is 0.0255. The van der Waals surface area contributed by atoms with Gasteiger partial charge in [0.05, 0.1) is 18.7 Å². The third-order valence-electron chi connectivity index (χ3n) is 3.18. The lowest BCUT2D eigenvalue weighted by Crippen LogP contribution is -2.44. The highest BCUT2D eigenvalue weighted by Crippen LogP contribution is 2.10. The summed E-state index contributed by atoms with van der Waals surface area (Å²) in [5.41, 5.74) is 0. The van der Waals surface area contributed by atoms with E-state index >= 15 is 0 Å². The van der Waals surface area contributed by atoms with Gasteiger partial charge in [0.15, 0.2) is 0 Å². The van der Waals surface area contributed by atoms with Gasteiger partial charge in [0, 0.05) is 26.2 Å². The molecule has 0 radical (unpaired) electrons. The number of hydrogen-bond donors (Lipinski definition) is 1. The predicted molar refractivity (Wildman–Crippen MR) is 64.2 cm³/mol. The fraction of sp³-hybridized carbons (Fsp3) is 0.917. The van der Waals surface area contributed by atoms with Crippen LogP contribution < -0.4 is 5.32 Å². The van der Waals surface area contributed by atoms with Crippen LogP contribution in [0.5, 0.6) is 0 Å². The van der Waals surface area contributed by atoms with Crippen LogP contribution in [-0.2, 0) is 4.74 Å². The van der Waals surface area contributed by atoms with Crippen LogP contribution in [0, 0.1) is 11.3 Å². The van der Waals surface area contributed by atoms with Gasteiger partial charge in [-0.05, 0) is 25.8 Å². The summed E-state index contributed by atoms with van der Waals surface area (Å²) in [5, 5.41) is 12.6. The van der Waals surface area contributed by atoms with E-state index in [-0.39, 0.29) is 6.04 Å². The highest BCUT2D eigenvalue weighted by Gasteiger charge is 2.22. The highest BCUT2D eigenvalue weighted by atomic mass is 16.5. The molecule has 1 saturated heterocycles. The minimum Gasteiger partial charge on any atom is -0.383 e. The Bertz CT molecular complexity index is 221. The van der Waals surface area contributed by atoms with Gasteiger partial charge in [-0.2, -0.15) is 5.26 Å². The van der Waals surface area contributed by atoms with Crippen molar-refractivity contribution in [3.8, 4) is 6.07 Å². The average Bonchev–Trinajstić information content (AvgIpc) is 2.80. The molecular formula is C12H23N3O. The van der Waals surface area contributed by atoms with Crippen LogP contribution in [0.25, 0.3) is 0 Å². The molecular weight excluding hydrogens is 202 g/mol. The van der Waals surface area contributed by atoms with Gasteiger partial charge in [-0.3, -0.25) is 4.90 Å². The van der Waals surface area contributed by atoms with Crippen molar-refractivity contribution in [3.63, 3.8) is 0 Å². The Morgan fingerprint density at radius 2 is 2.44 bits per heavy atom. The summed E-state index contributed by atoms with van der Waals surface area (Å²) in [6.45, 7) is 5.70. The molecule has 1 aliphatic heterocycles. The zero-order chi connectivity index (χ0) is 11.8. The Morgan fingerprint density at radius 3 is 2.94 bits per heavy atom. The Kier molecular flexibility index (Phi) is 6.39. The molecule has 0 aromatic rings. The highest BCUT2D eigenvalue weighted by molar-refractivity contribution is 4.92. The van der Waals surface area contributed by atoms with Crippen molar-refractivity contribution in [2.75, 3.05) is 33.4 Å². The van der Waals surface area contributed by atoms with Gasteiger partial charge in [0.1, 0.15) is 0 Å². The number of nitriles is 1. The molecule has 92 valence electrons. The van der Waals surface area contributed by atoms with Crippen LogP contribution >= 0.6 is 0 Å². The maximum absolute atomic E-state index is 9.12. The van der Waals surface area contributed by atoms with E-state index in [1.807, 2.05) is 0 Å². The van der Waals surface area contributed by atoms with Gasteiger partial charge in [-0.25, -0.2) is 0 Å². The average molecular weight is 225 g/mol. The summed E-state index contributed by atoms with van der Waals surface area (Å²) >= 11 is 0. The fourth-order valence-electron chi connectivity index (χ4n) is 2.21. The molecule has 0 saturated carbocycles. The second-order valence-corrected chi connectivity index (χ2v) is 4.33. The van der Waals surface area contributed by atoms with Crippen LogP contribution in [0.2, 0.25) is 0 Å². The molecule has 0 aromatic carbocycles. The molecule has 0 amide bonds. The lowest BCUT2D eigenvalue weighted by atomic mass is 10.1. The summed E-state index contributed by atoms with van der Waals surface area (Å²) < 4.78 is 5.10. The quantitative estimate of drug-likeness (QED) is 0.702. The number of nitrogens with zero attached hydrogens (tertiary/aromatic N) is 2. The van der Waals surface area contributed by atoms with Crippen molar-refractivity contribution < 1.29 is 4.74 Å². The van der Waals surface area contributed by atoms with E-state index in [0.717, 1.165) is 26.1 Å². The van der Waals surface area contributed by atoms with Gasteiger partial charge < -0.3 is 10.1 Å². The predicted octanol–water partition coefficient (Wildman–Crippen LogP) is 0.989. The first-order valence-electron chi connectivity index (χ1n) is 6.17. The van der Waals surface area contributed by atoms with E-state index in [1.54, 1.807) is 7.11 Å². The topological polar surface area (TPSA) is 48.3 Å². The standard InChI is InChI=1S/C12H23N3O/c1-3-12(9-13)15(7-8-16-2)10-11-5-4-6-14-11/h11-12,14H,3-8,10H2,1-2H3. The van der Waals surface area contributed by atoms with E-state index < -0.39 is 0 Å². The van der Waals surface area contributed by atoms with Crippen LogP contribution in [0.4, 0.5) is 0 Å². The third kappa shape index (κ3) is 4.09. The lowest BCUT2D eigenvalue weighted by molar-refractivity contribution is 0.126. The van der Waals surface area contributed by atoms with Crippen LogP contribution in [0.15, 0.2) is 0 Å². The summed E-state index contributed by atoms with van der Waals surface area (Å²) in [5.74, 6) is 0. The SMILES string of the molecule is CCC(C#N)N(CCOC)CC1CCCN1. The molecule has 4 nitrogen and oxygen atoms in total. The van der Waals surface area contributed by atoms with E-state index in [4.69, 9.17) is 10.00 Å². The first-order chi connectivity index (χ1) is 7.81. The molecule has 0 aromatic heterocycles. The molecule has 1 rings (SSSR count). The summed E-state index contributed by atoms with van der Waals surface area (Å²) in [7, 11) is 1.71. The van der Waals surface area contributed by atoms with E-state index in [0.29, 0.717) is 12.6 Å². The molecule has 1 fully saturated rings. The van der Waals surface area contributed by atoms with Gasteiger partial charge in [-0.1, -0.05) is 6.92 Å². The number of rotatable bonds is 7. The van der Waals surface area contributed by atoms with Crippen molar-refractivity contribution in [1.29, 1.82) is 5.26 Å². The Balaban J connectivity index is 2.44. The first-order valence-corrected chi connectivity index (χ1v) is 6.17. The zero-order valence-corrected chi connectivity index (χ0v) is 10.4. The van der Waals surface area contributed by atoms with Gasteiger partial charge in [-0.15, -0.1) is 0 Å². The van der Waals surface area contributed by atoms with Crippen molar-refractivity contribution in [1.82, 2.24) is 10.2 Å². The smallest absolute Gasteiger partial charge is 0.0976 e. The number of ether oxygens (including phenoxy) is 1. The second kappa shape index (κ2) is 7.61. The van der Waals surface area contributed by atoms with Crippen LogP contribution in [-0.4, -0.2) is 50.3 Å². The van der Waals surface area contributed by atoms with Gasteiger partial charge in [0.2, 0.25) is 0 Å². The lowest BCUT2D eigenvalue weighted by Gasteiger charge is -2.28. The molecule has 1 heterocycles. The number of hydrogen-bond acceptors (Lipinski definition) is 4. The largest absolute Gasteiger partial charge is 0.383 e. The van der Waals surface area contributed by atoms with Crippen molar-refractivity contribution in [3.05, 3.63) is 0 Å². The maximum atomic E-state index is 9.12. The Labute approximate surface area is 98.6 Å². The third-order valence-corrected chi connectivity index (χ3v) is 3.18. The van der Waals surface area contributed by atoms with E-state index in [1.165, 1.54) is 12.8 Å².